The number of fused-ring (bicyclic) bond motifs is 3. The minimum atomic E-state index is -4.58. The van der Waals surface area contributed by atoms with Crippen molar-refractivity contribution in [3.05, 3.63) is 120 Å². The normalized spacial score (nSPS) is 15.4. The Morgan fingerprint density at radius 2 is 1.55 bits per heavy atom. The van der Waals surface area contributed by atoms with Gasteiger partial charge in [-0.25, -0.2) is 4.79 Å². The predicted molar refractivity (Wildman–Crippen MR) is 120 cm³/mol. The van der Waals surface area contributed by atoms with Gasteiger partial charge >= 0.3 is 12.2 Å². The molecule has 0 unspecified atom stereocenters. The molecule has 0 radical (unpaired) electrons. The molecule has 3 aromatic carbocycles. The van der Waals surface area contributed by atoms with Crippen molar-refractivity contribution in [2.75, 3.05) is 5.32 Å². The fraction of sp³-hybridized carbons (Fsp3) is 0.115. The van der Waals surface area contributed by atoms with Crippen molar-refractivity contribution in [1.29, 1.82) is 0 Å². The Kier molecular flexibility index (Phi) is 5.17. The van der Waals surface area contributed by atoms with Crippen molar-refractivity contribution in [2.24, 2.45) is 0 Å². The molecule has 4 aromatic rings. The van der Waals surface area contributed by atoms with Gasteiger partial charge in [0.05, 0.1) is 29.5 Å². The van der Waals surface area contributed by atoms with Gasteiger partial charge < -0.3 is 14.8 Å². The minimum absolute atomic E-state index is 0.234. The molecule has 1 aliphatic heterocycles. The number of aromatic nitrogens is 1. The number of amides is 2. The summed E-state index contributed by atoms with van der Waals surface area (Å²) >= 11 is 0. The van der Waals surface area contributed by atoms with Crippen molar-refractivity contribution in [2.45, 2.75) is 18.8 Å². The van der Waals surface area contributed by atoms with Crippen LogP contribution in [0.3, 0.4) is 0 Å². The number of rotatable bonds is 2. The van der Waals surface area contributed by atoms with E-state index in [0.29, 0.717) is 0 Å². The second kappa shape index (κ2) is 8.16. The van der Waals surface area contributed by atoms with Crippen molar-refractivity contribution in [1.82, 2.24) is 9.47 Å². The van der Waals surface area contributed by atoms with Gasteiger partial charge in [0, 0.05) is 11.9 Å². The molecule has 2 amide bonds. The molecule has 1 N–H and O–H groups in total. The van der Waals surface area contributed by atoms with Gasteiger partial charge in [-0.2, -0.15) is 13.2 Å². The first-order valence-electron chi connectivity index (χ1n) is 10.5. The number of carbonyl (C=O) groups excluding carboxylic acids is 1. The summed E-state index contributed by atoms with van der Waals surface area (Å²) in [5, 5.41) is 2.53. The molecule has 0 saturated heterocycles. The van der Waals surface area contributed by atoms with Gasteiger partial charge in [-0.1, -0.05) is 60.7 Å². The zero-order valence-electron chi connectivity index (χ0n) is 17.5. The van der Waals surface area contributed by atoms with Gasteiger partial charge in [0.25, 0.3) is 0 Å². The van der Waals surface area contributed by atoms with E-state index in [4.69, 9.17) is 0 Å². The van der Waals surface area contributed by atoms with Crippen LogP contribution in [-0.4, -0.2) is 15.5 Å². The summed E-state index contributed by atoms with van der Waals surface area (Å²) in [7, 11) is 0. The van der Waals surface area contributed by atoms with Gasteiger partial charge in [-0.05, 0) is 41.5 Å². The zero-order valence-corrected chi connectivity index (χ0v) is 17.5. The summed E-state index contributed by atoms with van der Waals surface area (Å²) in [5.74, 6) is 0. The maximum absolute atomic E-state index is 13.6. The number of nitrogens with one attached hydrogen (secondary N) is 1. The van der Waals surface area contributed by atoms with E-state index in [1.807, 2.05) is 77.5 Å². The van der Waals surface area contributed by atoms with Gasteiger partial charge in [0.2, 0.25) is 0 Å². The highest BCUT2D eigenvalue weighted by atomic mass is 19.4. The monoisotopic (exact) mass is 447 g/mol. The number of para-hydroxylation sites is 2. The molecule has 0 bridgehead atoms. The first-order chi connectivity index (χ1) is 15.9. The molecule has 4 nitrogen and oxygen atoms in total. The molecule has 0 fully saturated rings. The largest absolute Gasteiger partial charge is 0.418 e. The van der Waals surface area contributed by atoms with E-state index in [0.717, 1.165) is 28.6 Å². The fourth-order valence-corrected chi connectivity index (χ4v) is 4.35. The summed E-state index contributed by atoms with van der Waals surface area (Å²) < 4.78 is 42.6. The zero-order chi connectivity index (χ0) is 23.0. The Balaban J connectivity index is 1.62. The molecule has 1 aromatic heterocycles. The van der Waals surface area contributed by atoms with Crippen LogP contribution in [0.1, 0.15) is 28.4 Å². The molecular weight excluding hydrogens is 427 g/mol. The summed E-state index contributed by atoms with van der Waals surface area (Å²) in [6, 6.07) is 25.0. The highest BCUT2D eigenvalue weighted by Gasteiger charge is 2.36. The Morgan fingerprint density at radius 1 is 0.848 bits per heavy atom. The molecule has 1 atom stereocenters. The first-order valence-corrected chi connectivity index (χ1v) is 10.5. The van der Waals surface area contributed by atoms with Crippen LogP contribution in [0, 0.1) is 0 Å². The lowest BCUT2D eigenvalue weighted by Gasteiger charge is -2.31. The third-order valence-corrected chi connectivity index (χ3v) is 5.81. The van der Waals surface area contributed by atoms with Crippen LogP contribution >= 0.6 is 0 Å². The molecule has 0 aliphatic carbocycles. The van der Waals surface area contributed by atoms with Crippen LogP contribution < -0.4 is 5.32 Å². The van der Waals surface area contributed by atoms with E-state index in [1.54, 1.807) is 4.90 Å². The number of hydrogen-bond donors (Lipinski definition) is 1. The number of anilines is 1. The molecule has 0 saturated carbocycles. The Bertz CT molecular complexity index is 1300. The number of alkyl halides is 3. The second-order valence-corrected chi connectivity index (χ2v) is 7.85. The highest BCUT2D eigenvalue weighted by molar-refractivity contribution is 5.91. The maximum atomic E-state index is 13.6. The molecule has 5 rings (SSSR count). The molecule has 166 valence electrons. The molecule has 1 aliphatic rings. The summed E-state index contributed by atoms with van der Waals surface area (Å²) in [6.45, 7) is 0.234. The van der Waals surface area contributed by atoms with Crippen LogP contribution in [-0.2, 0) is 12.7 Å². The van der Waals surface area contributed by atoms with E-state index in [9.17, 15) is 18.0 Å². The lowest BCUT2D eigenvalue weighted by atomic mass is 10.0. The number of carbonyl (C=O) groups is 1. The van der Waals surface area contributed by atoms with Crippen LogP contribution in [0.4, 0.5) is 23.7 Å². The average Bonchev–Trinajstić information content (AvgIpc) is 3.23. The Labute approximate surface area is 188 Å². The summed E-state index contributed by atoms with van der Waals surface area (Å²) in [4.78, 5) is 15.1. The van der Waals surface area contributed by atoms with Gasteiger partial charge in [0.15, 0.2) is 0 Å². The van der Waals surface area contributed by atoms with E-state index in [1.165, 1.54) is 18.2 Å². The summed E-state index contributed by atoms with van der Waals surface area (Å²) in [6.07, 6.45) is -2.65. The number of benzene rings is 3. The van der Waals surface area contributed by atoms with Gasteiger partial charge in [-0.3, -0.25) is 0 Å². The quantitative estimate of drug-likeness (QED) is 0.368. The van der Waals surface area contributed by atoms with Crippen LogP contribution in [0.15, 0.2) is 97.2 Å². The topological polar surface area (TPSA) is 37.3 Å². The van der Waals surface area contributed by atoms with Crippen LogP contribution in [0.5, 0.6) is 0 Å². The molecule has 2 heterocycles. The van der Waals surface area contributed by atoms with E-state index < -0.39 is 23.8 Å². The van der Waals surface area contributed by atoms with Gasteiger partial charge in [-0.15, -0.1) is 0 Å². The Morgan fingerprint density at radius 3 is 2.33 bits per heavy atom. The summed E-state index contributed by atoms with van der Waals surface area (Å²) in [5.41, 5.74) is 2.40. The van der Waals surface area contributed by atoms with Crippen molar-refractivity contribution < 1.29 is 18.0 Å². The predicted octanol–water partition coefficient (Wildman–Crippen LogP) is 6.63. The number of halogens is 3. The maximum Gasteiger partial charge on any atom is 0.418 e. The third kappa shape index (κ3) is 3.86. The molecule has 7 heteroatoms. The van der Waals surface area contributed by atoms with Crippen LogP contribution in [0.25, 0.3) is 5.69 Å². The average molecular weight is 447 g/mol. The lowest BCUT2D eigenvalue weighted by Crippen LogP contribution is -2.38. The lowest BCUT2D eigenvalue weighted by molar-refractivity contribution is -0.136. The second-order valence-electron chi connectivity index (χ2n) is 7.85. The fourth-order valence-electron chi connectivity index (χ4n) is 4.35. The third-order valence-electron chi connectivity index (χ3n) is 5.81. The SMILES string of the molecule is O=C(Nc1ccccc1C(F)(F)F)N1Cc2ccccc2-n2cccc2[C@@H]1c1ccccc1. The number of urea groups is 1. The molecule has 0 spiro atoms. The van der Waals surface area contributed by atoms with Crippen molar-refractivity contribution >= 4 is 11.7 Å². The van der Waals surface area contributed by atoms with Crippen LogP contribution in [0.2, 0.25) is 0 Å². The highest BCUT2D eigenvalue weighted by Crippen LogP contribution is 2.38. The minimum Gasteiger partial charge on any atom is -0.318 e. The number of nitrogens with zero attached hydrogens (tertiary/aromatic N) is 2. The van der Waals surface area contributed by atoms with E-state index in [-0.39, 0.29) is 12.2 Å². The number of hydrogen-bond acceptors (Lipinski definition) is 1. The van der Waals surface area contributed by atoms with E-state index >= 15 is 0 Å². The smallest absolute Gasteiger partial charge is 0.318 e. The van der Waals surface area contributed by atoms with Crippen molar-refractivity contribution in [3.63, 3.8) is 0 Å². The van der Waals surface area contributed by atoms with Crippen molar-refractivity contribution in [3.8, 4) is 5.69 Å². The molecule has 33 heavy (non-hydrogen) atoms. The molecular formula is C26H20F3N3O. The Hall–Kier alpha value is -4.00. The standard InChI is InChI=1S/C26H20F3N3O/c27-26(28,29)20-12-5-6-13-21(20)30-25(33)32-17-19-11-4-7-14-22(19)31-16-8-15-23(31)24(32)18-9-2-1-3-10-18/h1-16,24H,17H2,(H,30,33)/t24-/m0/s1. The first kappa shape index (κ1) is 20.9. The van der Waals surface area contributed by atoms with E-state index in [2.05, 4.69) is 5.32 Å². The van der Waals surface area contributed by atoms with Gasteiger partial charge in [0.1, 0.15) is 0 Å².